The molecule has 0 atom stereocenters. The SMILES string of the molecule is O=C(NCCC(=O)N1CCC(O)CC1)c1ccc(Br)cc1. The molecule has 0 bridgehead atoms. The highest BCUT2D eigenvalue weighted by atomic mass is 79.9. The average Bonchev–Trinajstić information content (AvgIpc) is 2.48. The van der Waals surface area contributed by atoms with Crippen molar-refractivity contribution in [1.29, 1.82) is 0 Å². The lowest BCUT2D eigenvalue weighted by Crippen LogP contribution is -2.41. The number of carbonyl (C=O) groups is 2. The summed E-state index contributed by atoms with van der Waals surface area (Å²) in [6.45, 7) is 1.52. The number of aliphatic hydroxyl groups is 1. The van der Waals surface area contributed by atoms with Gasteiger partial charge in [-0.25, -0.2) is 0 Å². The van der Waals surface area contributed by atoms with Gasteiger partial charge in [0, 0.05) is 36.1 Å². The average molecular weight is 355 g/mol. The molecule has 0 spiro atoms. The zero-order chi connectivity index (χ0) is 15.2. The van der Waals surface area contributed by atoms with E-state index in [-0.39, 0.29) is 17.9 Å². The summed E-state index contributed by atoms with van der Waals surface area (Å²) in [5.41, 5.74) is 0.576. The standard InChI is InChI=1S/C15H19BrN2O3/c16-12-3-1-11(2-4-12)15(21)17-8-5-14(20)18-9-6-13(19)7-10-18/h1-4,13,19H,5-10H2,(H,17,21). The maximum absolute atomic E-state index is 12.0. The predicted octanol–water partition coefficient (Wildman–Crippen LogP) is 1.55. The van der Waals surface area contributed by atoms with E-state index in [0.29, 0.717) is 44.5 Å². The number of aliphatic hydroxyl groups excluding tert-OH is 1. The van der Waals surface area contributed by atoms with Gasteiger partial charge in [0.2, 0.25) is 5.91 Å². The highest BCUT2D eigenvalue weighted by molar-refractivity contribution is 9.10. The molecule has 0 aliphatic carbocycles. The van der Waals surface area contributed by atoms with Crippen LogP contribution in [0.3, 0.4) is 0 Å². The van der Waals surface area contributed by atoms with Crippen LogP contribution in [0.15, 0.2) is 28.7 Å². The van der Waals surface area contributed by atoms with Crippen molar-refractivity contribution in [3.05, 3.63) is 34.3 Å². The van der Waals surface area contributed by atoms with E-state index in [9.17, 15) is 14.7 Å². The van der Waals surface area contributed by atoms with Crippen LogP contribution >= 0.6 is 15.9 Å². The summed E-state index contributed by atoms with van der Waals surface area (Å²) in [6, 6.07) is 7.07. The van der Waals surface area contributed by atoms with Gasteiger partial charge in [0.15, 0.2) is 0 Å². The molecule has 2 rings (SSSR count). The van der Waals surface area contributed by atoms with Crippen LogP contribution in [-0.2, 0) is 4.79 Å². The molecule has 21 heavy (non-hydrogen) atoms. The maximum atomic E-state index is 12.0. The van der Waals surface area contributed by atoms with Gasteiger partial charge in [0.05, 0.1) is 6.10 Å². The molecule has 1 aromatic carbocycles. The molecule has 6 heteroatoms. The first-order valence-corrected chi connectivity index (χ1v) is 7.85. The van der Waals surface area contributed by atoms with Gasteiger partial charge >= 0.3 is 0 Å². The largest absolute Gasteiger partial charge is 0.393 e. The monoisotopic (exact) mass is 354 g/mol. The quantitative estimate of drug-likeness (QED) is 0.861. The minimum absolute atomic E-state index is 0.0259. The van der Waals surface area contributed by atoms with Crippen molar-refractivity contribution in [2.45, 2.75) is 25.4 Å². The number of nitrogens with zero attached hydrogens (tertiary/aromatic N) is 1. The van der Waals surface area contributed by atoms with E-state index in [4.69, 9.17) is 0 Å². The maximum Gasteiger partial charge on any atom is 0.251 e. The number of rotatable bonds is 4. The first kappa shape index (κ1) is 16.0. The summed E-state index contributed by atoms with van der Waals surface area (Å²) < 4.78 is 0.918. The van der Waals surface area contributed by atoms with Crippen LogP contribution in [0.1, 0.15) is 29.6 Å². The van der Waals surface area contributed by atoms with Crippen molar-refractivity contribution in [2.24, 2.45) is 0 Å². The Morgan fingerprint density at radius 2 is 1.86 bits per heavy atom. The number of piperidine rings is 1. The lowest BCUT2D eigenvalue weighted by molar-refractivity contribution is -0.133. The van der Waals surface area contributed by atoms with Gasteiger partial charge in [-0.1, -0.05) is 15.9 Å². The van der Waals surface area contributed by atoms with Gasteiger partial charge in [0.25, 0.3) is 5.91 Å². The zero-order valence-corrected chi connectivity index (χ0v) is 13.3. The molecule has 1 heterocycles. The van der Waals surface area contributed by atoms with E-state index < -0.39 is 0 Å². The van der Waals surface area contributed by atoms with E-state index in [1.54, 1.807) is 29.2 Å². The second-order valence-corrected chi connectivity index (χ2v) is 6.04. The topological polar surface area (TPSA) is 69.6 Å². The van der Waals surface area contributed by atoms with Crippen molar-refractivity contribution < 1.29 is 14.7 Å². The molecule has 0 saturated carbocycles. The third kappa shape index (κ3) is 4.82. The van der Waals surface area contributed by atoms with Crippen molar-refractivity contribution >= 4 is 27.7 Å². The van der Waals surface area contributed by atoms with Crippen LogP contribution in [0.5, 0.6) is 0 Å². The lowest BCUT2D eigenvalue weighted by atomic mass is 10.1. The van der Waals surface area contributed by atoms with Gasteiger partial charge in [-0.3, -0.25) is 9.59 Å². The van der Waals surface area contributed by atoms with E-state index in [2.05, 4.69) is 21.2 Å². The molecular weight excluding hydrogens is 336 g/mol. The Bertz CT molecular complexity index is 496. The van der Waals surface area contributed by atoms with Gasteiger partial charge in [-0.15, -0.1) is 0 Å². The molecule has 114 valence electrons. The molecule has 1 saturated heterocycles. The lowest BCUT2D eigenvalue weighted by Gasteiger charge is -2.29. The summed E-state index contributed by atoms with van der Waals surface area (Å²) in [4.78, 5) is 25.6. The van der Waals surface area contributed by atoms with E-state index in [1.807, 2.05) is 0 Å². The normalized spacial score (nSPS) is 15.8. The Morgan fingerprint density at radius 3 is 2.48 bits per heavy atom. The fourth-order valence-corrected chi connectivity index (χ4v) is 2.52. The van der Waals surface area contributed by atoms with E-state index >= 15 is 0 Å². The van der Waals surface area contributed by atoms with Gasteiger partial charge in [0.1, 0.15) is 0 Å². The molecule has 2 amide bonds. The number of carbonyl (C=O) groups excluding carboxylic acids is 2. The molecule has 1 aliphatic rings. The Kier molecular flexibility index (Phi) is 5.76. The number of hydrogen-bond acceptors (Lipinski definition) is 3. The number of benzene rings is 1. The molecule has 0 aromatic heterocycles. The van der Waals surface area contributed by atoms with Crippen molar-refractivity contribution in [3.8, 4) is 0 Å². The predicted molar refractivity (Wildman–Crippen MR) is 82.9 cm³/mol. The summed E-state index contributed by atoms with van der Waals surface area (Å²) in [7, 11) is 0. The third-order valence-electron chi connectivity index (χ3n) is 3.55. The highest BCUT2D eigenvalue weighted by Gasteiger charge is 2.20. The molecule has 1 fully saturated rings. The number of amides is 2. The second-order valence-electron chi connectivity index (χ2n) is 5.12. The molecule has 1 aromatic rings. The molecule has 0 unspecified atom stereocenters. The number of nitrogens with one attached hydrogen (secondary N) is 1. The van der Waals surface area contributed by atoms with Crippen molar-refractivity contribution in [1.82, 2.24) is 10.2 Å². The zero-order valence-electron chi connectivity index (χ0n) is 11.7. The fourth-order valence-electron chi connectivity index (χ4n) is 2.26. The van der Waals surface area contributed by atoms with Crippen molar-refractivity contribution in [3.63, 3.8) is 0 Å². The van der Waals surface area contributed by atoms with Gasteiger partial charge in [-0.2, -0.15) is 0 Å². The Labute approximate surface area is 132 Å². The molecule has 0 radical (unpaired) electrons. The van der Waals surface area contributed by atoms with Crippen LogP contribution in [0.25, 0.3) is 0 Å². The summed E-state index contributed by atoms with van der Waals surface area (Å²) in [5.74, 6) is -0.151. The summed E-state index contributed by atoms with van der Waals surface area (Å²) >= 11 is 3.31. The van der Waals surface area contributed by atoms with Crippen LogP contribution in [0.4, 0.5) is 0 Å². The van der Waals surface area contributed by atoms with Gasteiger partial charge < -0.3 is 15.3 Å². The molecule has 5 nitrogen and oxygen atoms in total. The third-order valence-corrected chi connectivity index (χ3v) is 4.08. The molecule has 2 N–H and O–H groups in total. The fraction of sp³-hybridized carbons (Fsp3) is 0.467. The van der Waals surface area contributed by atoms with Crippen LogP contribution < -0.4 is 5.32 Å². The smallest absolute Gasteiger partial charge is 0.251 e. The first-order valence-electron chi connectivity index (χ1n) is 7.06. The minimum atomic E-state index is -0.286. The number of hydrogen-bond donors (Lipinski definition) is 2. The van der Waals surface area contributed by atoms with Crippen LogP contribution in [0.2, 0.25) is 0 Å². The Balaban J connectivity index is 1.72. The van der Waals surface area contributed by atoms with Gasteiger partial charge in [-0.05, 0) is 37.1 Å². The Morgan fingerprint density at radius 1 is 1.24 bits per heavy atom. The Hall–Kier alpha value is -1.40. The van der Waals surface area contributed by atoms with Crippen LogP contribution in [0, 0.1) is 0 Å². The summed E-state index contributed by atoms with van der Waals surface area (Å²) in [5, 5.41) is 12.2. The van der Waals surface area contributed by atoms with Crippen LogP contribution in [-0.4, -0.2) is 47.6 Å². The first-order chi connectivity index (χ1) is 10.1. The van der Waals surface area contributed by atoms with Crippen molar-refractivity contribution in [2.75, 3.05) is 19.6 Å². The molecular formula is C15H19BrN2O3. The highest BCUT2D eigenvalue weighted by Crippen LogP contribution is 2.11. The second kappa shape index (κ2) is 7.56. The minimum Gasteiger partial charge on any atom is -0.393 e. The molecule has 1 aliphatic heterocycles. The summed E-state index contributed by atoms with van der Waals surface area (Å²) in [6.07, 6.45) is 1.28. The number of halogens is 1. The van der Waals surface area contributed by atoms with E-state index in [0.717, 1.165) is 4.47 Å². The van der Waals surface area contributed by atoms with E-state index in [1.165, 1.54) is 0 Å². The number of likely N-dealkylation sites (tertiary alicyclic amines) is 1.